The Labute approximate surface area is 150 Å². The highest BCUT2D eigenvalue weighted by Gasteiger charge is 2.44. The van der Waals surface area contributed by atoms with Crippen LogP contribution in [0.5, 0.6) is 0 Å². The highest BCUT2D eigenvalue weighted by Crippen LogP contribution is 2.25. The molecule has 146 valence electrons. The molecule has 0 aliphatic carbocycles. The molecule has 1 heterocycles. The zero-order chi connectivity index (χ0) is 19.4. The molecule has 1 aromatic rings. The largest absolute Gasteiger partial charge is 0.405 e. The van der Waals surface area contributed by atoms with Crippen LogP contribution in [-0.2, 0) is 10.0 Å². The first-order chi connectivity index (χ1) is 12.1. The summed E-state index contributed by atoms with van der Waals surface area (Å²) in [6.45, 7) is 2.07. The van der Waals surface area contributed by atoms with Crippen LogP contribution in [0.4, 0.5) is 13.2 Å². The first kappa shape index (κ1) is 20.8. The monoisotopic (exact) mass is 393 g/mol. The van der Waals surface area contributed by atoms with Crippen molar-refractivity contribution in [1.29, 1.82) is 0 Å². The Balaban J connectivity index is 2.15. The van der Waals surface area contributed by atoms with E-state index in [1.807, 2.05) is 4.72 Å². The molecule has 1 aliphatic rings. The van der Waals surface area contributed by atoms with Gasteiger partial charge in [0.2, 0.25) is 10.0 Å². The van der Waals surface area contributed by atoms with Crippen LogP contribution in [0.3, 0.4) is 0 Å². The van der Waals surface area contributed by atoms with Gasteiger partial charge in [-0.15, -0.1) is 0 Å². The van der Waals surface area contributed by atoms with Gasteiger partial charge in [-0.05, 0) is 12.1 Å². The second-order valence-corrected chi connectivity index (χ2v) is 7.77. The molecule has 0 amide bonds. The minimum atomic E-state index is -4.56. The van der Waals surface area contributed by atoms with Crippen molar-refractivity contribution in [2.24, 2.45) is 0 Å². The lowest BCUT2D eigenvalue weighted by Crippen LogP contribution is -2.57. The van der Waals surface area contributed by atoms with E-state index in [9.17, 15) is 26.4 Å². The Morgan fingerprint density at radius 1 is 1.31 bits per heavy atom. The summed E-state index contributed by atoms with van der Waals surface area (Å²) in [5.41, 5.74) is 0.213. The summed E-state index contributed by atoms with van der Waals surface area (Å²) in [4.78, 5) is 12.7. The molecule has 0 bridgehead atoms. The number of sulfonamides is 1. The van der Waals surface area contributed by atoms with Crippen molar-refractivity contribution in [2.45, 2.75) is 30.5 Å². The van der Waals surface area contributed by atoms with Gasteiger partial charge in [-0.25, -0.2) is 13.1 Å². The van der Waals surface area contributed by atoms with Gasteiger partial charge < -0.3 is 5.32 Å². The molecule has 1 atom stereocenters. The van der Waals surface area contributed by atoms with Gasteiger partial charge in [-0.1, -0.05) is 19.1 Å². The summed E-state index contributed by atoms with van der Waals surface area (Å²) >= 11 is 0. The molecule has 2 N–H and O–H groups in total. The first-order valence-electron chi connectivity index (χ1n) is 8.29. The highest BCUT2D eigenvalue weighted by molar-refractivity contribution is 7.89. The Morgan fingerprint density at radius 2 is 1.96 bits per heavy atom. The molecule has 1 fully saturated rings. The number of Topliss-reactive ketones (excluding diaryl/α,β-unsaturated/α-hetero) is 1. The normalized spacial score (nSPS) is 17.8. The number of alkyl halides is 3. The zero-order valence-electron chi connectivity index (χ0n) is 14.3. The number of nitrogens with zero attached hydrogens (tertiary/aromatic N) is 1. The van der Waals surface area contributed by atoms with Crippen molar-refractivity contribution < 1.29 is 26.4 Å². The van der Waals surface area contributed by atoms with Gasteiger partial charge >= 0.3 is 6.18 Å². The van der Waals surface area contributed by atoms with Crippen molar-refractivity contribution >= 4 is 15.8 Å². The van der Waals surface area contributed by atoms with Crippen LogP contribution in [0, 0.1) is 0 Å². The third-order valence-electron chi connectivity index (χ3n) is 4.22. The van der Waals surface area contributed by atoms with E-state index in [2.05, 4.69) is 5.32 Å². The average molecular weight is 393 g/mol. The number of rotatable bonds is 7. The number of halogens is 3. The minimum absolute atomic E-state index is 0.187. The maximum absolute atomic E-state index is 13.4. The molecule has 0 radical (unpaired) electrons. The quantitative estimate of drug-likeness (QED) is 0.685. The van der Waals surface area contributed by atoms with Crippen molar-refractivity contribution in [3.8, 4) is 0 Å². The lowest BCUT2D eigenvalue weighted by Gasteiger charge is -2.35. The molecule has 0 spiro atoms. The lowest BCUT2D eigenvalue weighted by molar-refractivity contribution is -0.182. The van der Waals surface area contributed by atoms with Crippen LogP contribution < -0.4 is 10.0 Å². The van der Waals surface area contributed by atoms with E-state index < -0.39 is 28.8 Å². The van der Waals surface area contributed by atoms with E-state index in [0.717, 1.165) is 0 Å². The van der Waals surface area contributed by atoms with Crippen molar-refractivity contribution in [3.05, 3.63) is 29.8 Å². The SMILES string of the molecule is CCC(=O)c1cccc(S(=O)(=O)NCC(N2CCNCC2)C(F)(F)F)c1. The Hall–Kier alpha value is -1.49. The lowest BCUT2D eigenvalue weighted by atomic mass is 10.1. The summed E-state index contributed by atoms with van der Waals surface area (Å²) < 4.78 is 66.9. The van der Waals surface area contributed by atoms with Crippen molar-refractivity contribution in [2.75, 3.05) is 32.7 Å². The van der Waals surface area contributed by atoms with Crippen LogP contribution in [0.1, 0.15) is 23.7 Å². The molecule has 1 saturated heterocycles. The highest BCUT2D eigenvalue weighted by atomic mass is 32.2. The van der Waals surface area contributed by atoms with E-state index in [4.69, 9.17) is 0 Å². The third kappa shape index (κ3) is 5.26. The Kier molecular flexibility index (Phi) is 6.78. The fraction of sp³-hybridized carbons (Fsp3) is 0.562. The number of benzene rings is 1. The molecule has 6 nitrogen and oxygen atoms in total. The fourth-order valence-electron chi connectivity index (χ4n) is 2.76. The van der Waals surface area contributed by atoms with Gasteiger partial charge in [0.15, 0.2) is 5.78 Å². The minimum Gasteiger partial charge on any atom is -0.314 e. The molecule has 0 saturated carbocycles. The number of hydrogen-bond donors (Lipinski definition) is 2. The van der Waals surface area contributed by atoms with E-state index in [1.165, 1.54) is 29.2 Å². The molecule has 1 unspecified atom stereocenters. The molecule has 10 heteroatoms. The van der Waals surface area contributed by atoms with Crippen LogP contribution in [0.2, 0.25) is 0 Å². The van der Waals surface area contributed by atoms with Crippen LogP contribution in [0.25, 0.3) is 0 Å². The molecule has 1 aliphatic heterocycles. The van der Waals surface area contributed by atoms with Gasteiger partial charge in [-0.3, -0.25) is 9.69 Å². The van der Waals surface area contributed by atoms with Gasteiger partial charge in [0.05, 0.1) is 4.90 Å². The molecule has 0 aromatic heterocycles. The van der Waals surface area contributed by atoms with Gasteiger partial charge in [0, 0.05) is 44.7 Å². The van der Waals surface area contributed by atoms with Crippen molar-refractivity contribution in [3.63, 3.8) is 0 Å². The second-order valence-electron chi connectivity index (χ2n) is 6.00. The van der Waals surface area contributed by atoms with Gasteiger partial charge in [0.25, 0.3) is 0 Å². The van der Waals surface area contributed by atoms with E-state index in [-0.39, 0.29) is 35.8 Å². The fourth-order valence-corrected chi connectivity index (χ4v) is 3.84. The summed E-state index contributed by atoms with van der Waals surface area (Å²) in [6, 6.07) is 3.41. The Morgan fingerprint density at radius 3 is 2.54 bits per heavy atom. The van der Waals surface area contributed by atoms with Crippen LogP contribution in [-0.4, -0.2) is 64.0 Å². The predicted molar refractivity (Wildman–Crippen MR) is 90.5 cm³/mol. The molecule has 2 rings (SSSR count). The summed E-state index contributed by atoms with van der Waals surface area (Å²) in [6.07, 6.45) is -4.35. The molecular formula is C16H22F3N3O3S. The van der Waals surface area contributed by atoms with E-state index >= 15 is 0 Å². The van der Waals surface area contributed by atoms with Gasteiger partial charge in [-0.2, -0.15) is 13.2 Å². The van der Waals surface area contributed by atoms with E-state index in [0.29, 0.717) is 13.1 Å². The topological polar surface area (TPSA) is 78.5 Å². The predicted octanol–water partition coefficient (Wildman–Crippen LogP) is 1.39. The maximum atomic E-state index is 13.4. The Bertz CT molecular complexity index is 732. The smallest absolute Gasteiger partial charge is 0.314 e. The van der Waals surface area contributed by atoms with Gasteiger partial charge in [0.1, 0.15) is 6.04 Å². The molecular weight excluding hydrogens is 371 g/mol. The van der Waals surface area contributed by atoms with E-state index in [1.54, 1.807) is 6.92 Å². The maximum Gasteiger partial charge on any atom is 0.405 e. The number of ketones is 1. The number of carbonyl (C=O) groups excluding carboxylic acids is 1. The standard InChI is InChI=1S/C16H22F3N3O3S/c1-2-14(23)12-4-3-5-13(10-12)26(24,25)21-11-15(16(17,18)19)22-8-6-20-7-9-22/h3-5,10,15,20-21H,2,6-9,11H2,1H3. The zero-order valence-corrected chi connectivity index (χ0v) is 15.2. The number of nitrogens with one attached hydrogen (secondary N) is 2. The van der Waals surface area contributed by atoms with Crippen molar-refractivity contribution in [1.82, 2.24) is 14.9 Å². The van der Waals surface area contributed by atoms with Crippen LogP contribution in [0.15, 0.2) is 29.2 Å². The molecule has 26 heavy (non-hydrogen) atoms. The number of carbonyl (C=O) groups is 1. The summed E-state index contributed by atoms with van der Waals surface area (Å²) in [5.74, 6) is -0.240. The molecule has 1 aromatic carbocycles. The number of hydrogen-bond acceptors (Lipinski definition) is 5. The first-order valence-corrected chi connectivity index (χ1v) is 9.78. The second kappa shape index (κ2) is 8.47. The third-order valence-corrected chi connectivity index (χ3v) is 5.65. The average Bonchev–Trinajstić information content (AvgIpc) is 2.61. The number of piperazine rings is 1. The summed E-state index contributed by atoms with van der Waals surface area (Å²) in [5, 5.41) is 2.96. The van der Waals surface area contributed by atoms with Crippen LogP contribution >= 0.6 is 0 Å². The summed E-state index contributed by atoms with van der Waals surface area (Å²) in [7, 11) is -4.16.